The highest BCUT2D eigenvalue weighted by molar-refractivity contribution is 8.01. The zero-order valence-electron chi connectivity index (χ0n) is 18.7. The average Bonchev–Trinajstić information content (AvgIpc) is 3.27. The number of nitrogens with two attached hydrogens (primary N) is 1. The van der Waals surface area contributed by atoms with Crippen LogP contribution in [0.1, 0.15) is 15.9 Å². The summed E-state index contributed by atoms with van der Waals surface area (Å²) in [5, 5.41) is 13.1. The van der Waals surface area contributed by atoms with Crippen molar-refractivity contribution in [2.75, 3.05) is 6.61 Å². The van der Waals surface area contributed by atoms with Gasteiger partial charge in [0.25, 0.3) is 0 Å². The molecule has 0 aliphatic carbocycles. The number of thioether (sulfide) groups is 1. The molecule has 2 heterocycles. The van der Waals surface area contributed by atoms with Crippen LogP contribution in [0.2, 0.25) is 0 Å². The summed E-state index contributed by atoms with van der Waals surface area (Å²) in [6.45, 7) is 0.145. The van der Waals surface area contributed by atoms with Crippen molar-refractivity contribution < 1.29 is 19.1 Å². The van der Waals surface area contributed by atoms with Gasteiger partial charge in [-0.1, -0.05) is 60.7 Å². The number of benzene rings is 3. The van der Waals surface area contributed by atoms with E-state index < -0.39 is 5.97 Å². The number of carboxylic acid groups (broad SMARTS) is 1. The molecule has 3 aromatic carbocycles. The van der Waals surface area contributed by atoms with E-state index in [1.165, 1.54) is 18.5 Å². The van der Waals surface area contributed by atoms with E-state index in [4.69, 9.17) is 20.0 Å². The SMILES string of the molecule is N/C(=C\SCc1cccc(-c2cccc3c2oc2ccccc23)c1)COc1cncc(C(=O)O)c1. The van der Waals surface area contributed by atoms with Crippen molar-refractivity contribution in [1.29, 1.82) is 0 Å². The number of nitrogens with zero attached hydrogens (tertiary/aromatic N) is 1. The molecule has 0 atom stereocenters. The minimum absolute atomic E-state index is 0.0673. The molecule has 0 spiro atoms. The third-order valence-corrected chi connectivity index (χ3v) is 6.46. The van der Waals surface area contributed by atoms with Gasteiger partial charge in [-0.25, -0.2) is 4.79 Å². The Morgan fingerprint density at radius 2 is 1.86 bits per heavy atom. The summed E-state index contributed by atoms with van der Waals surface area (Å²) in [4.78, 5) is 14.9. The zero-order valence-corrected chi connectivity index (χ0v) is 19.5. The van der Waals surface area contributed by atoms with Crippen molar-refractivity contribution in [2.24, 2.45) is 5.73 Å². The lowest BCUT2D eigenvalue weighted by molar-refractivity contribution is 0.0696. The second-order valence-corrected chi connectivity index (χ2v) is 8.85. The first kappa shape index (κ1) is 22.6. The molecule has 0 saturated heterocycles. The number of ether oxygens (including phenoxy) is 1. The van der Waals surface area contributed by atoms with Crippen molar-refractivity contribution in [3.8, 4) is 16.9 Å². The predicted octanol–water partition coefficient (Wildman–Crippen LogP) is 6.46. The number of furan rings is 1. The number of para-hydroxylation sites is 2. The molecule has 0 fully saturated rings. The van der Waals surface area contributed by atoms with Gasteiger partial charge < -0.3 is 20.0 Å². The van der Waals surface area contributed by atoms with Crippen LogP contribution in [0, 0.1) is 0 Å². The van der Waals surface area contributed by atoms with Gasteiger partial charge in [0.05, 0.1) is 17.5 Å². The van der Waals surface area contributed by atoms with Gasteiger partial charge in [-0.15, -0.1) is 11.8 Å². The van der Waals surface area contributed by atoms with E-state index in [2.05, 4.69) is 47.4 Å². The first-order valence-electron chi connectivity index (χ1n) is 11.0. The van der Waals surface area contributed by atoms with Gasteiger partial charge >= 0.3 is 5.97 Å². The summed E-state index contributed by atoms with van der Waals surface area (Å²) in [6.07, 6.45) is 2.73. The number of aromatic carboxylic acids is 1. The Bertz CT molecular complexity index is 1560. The lowest BCUT2D eigenvalue weighted by Crippen LogP contribution is -2.09. The molecule has 174 valence electrons. The number of pyridine rings is 1. The summed E-state index contributed by atoms with van der Waals surface area (Å²) >= 11 is 1.57. The summed E-state index contributed by atoms with van der Waals surface area (Å²) < 4.78 is 11.8. The molecule has 35 heavy (non-hydrogen) atoms. The van der Waals surface area contributed by atoms with E-state index >= 15 is 0 Å². The van der Waals surface area contributed by atoms with Crippen molar-refractivity contribution in [3.05, 3.63) is 107 Å². The van der Waals surface area contributed by atoms with Crippen LogP contribution < -0.4 is 10.5 Å². The largest absolute Gasteiger partial charge is 0.486 e. The molecule has 3 N–H and O–H groups in total. The van der Waals surface area contributed by atoms with Crippen LogP contribution in [0.5, 0.6) is 5.75 Å². The van der Waals surface area contributed by atoms with E-state index in [0.29, 0.717) is 11.4 Å². The van der Waals surface area contributed by atoms with Crippen molar-refractivity contribution in [3.63, 3.8) is 0 Å². The fraction of sp³-hybridized carbons (Fsp3) is 0.0714. The monoisotopic (exact) mass is 482 g/mol. The second kappa shape index (κ2) is 9.95. The minimum Gasteiger partial charge on any atom is -0.486 e. The van der Waals surface area contributed by atoms with Crippen LogP contribution in [-0.2, 0) is 5.75 Å². The molecular weight excluding hydrogens is 460 g/mol. The van der Waals surface area contributed by atoms with Gasteiger partial charge in [0.2, 0.25) is 0 Å². The molecular formula is C28H22N2O4S. The molecule has 0 unspecified atom stereocenters. The van der Waals surface area contributed by atoms with Gasteiger partial charge in [0, 0.05) is 28.3 Å². The maximum Gasteiger partial charge on any atom is 0.337 e. The fourth-order valence-corrected chi connectivity index (χ4v) is 4.60. The number of fused-ring (bicyclic) bond motifs is 3. The van der Waals surface area contributed by atoms with E-state index in [9.17, 15) is 4.79 Å². The van der Waals surface area contributed by atoms with Crippen LogP contribution in [0.15, 0.2) is 101 Å². The number of aromatic nitrogens is 1. The Labute approximate surface area is 206 Å². The molecule has 0 radical (unpaired) electrons. The lowest BCUT2D eigenvalue weighted by Gasteiger charge is -2.07. The summed E-state index contributed by atoms with van der Waals surface area (Å²) in [5.74, 6) is 0.0419. The summed E-state index contributed by atoms with van der Waals surface area (Å²) in [6, 6.07) is 24.1. The highest BCUT2D eigenvalue weighted by atomic mass is 32.2. The lowest BCUT2D eigenvalue weighted by atomic mass is 10.0. The Hall–Kier alpha value is -4.23. The summed E-state index contributed by atoms with van der Waals surface area (Å²) in [7, 11) is 0. The molecule has 5 rings (SSSR count). The number of carbonyl (C=O) groups is 1. The average molecular weight is 483 g/mol. The molecule has 0 aliphatic rings. The second-order valence-electron chi connectivity index (χ2n) is 7.99. The Balaban J connectivity index is 1.27. The predicted molar refractivity (Wildman–Crippen MR) is 139 cm³/mol. The van der Waals surface area contributed by atoms with Crippen LogP contribution in [0.4, 0.5) is 0 Å². The smallest absolute Gasteiger partial charge is 0.337 e. The van der Waals surface area contributed by atoms with Gasteiger partial charge in [0.1, 0.15) is 23.5 Å². The third-order valence-electron chi connectivity index (χ3n) is 5.49. The standard InChI is InChI=1S/C28H22N2O4S/c29-21(15-33-22-12-20(28(31)32)13-30-14-22)17-35-16-18-5-3-6-19(11-18)23-8-4-9-25-24-7-1-2-10-26(24)34-27(23)25/h1-14,17H,15-16,29H2,(H,31,32)/b21-17-. The van der Waals surface area contributed by atoms with Crippen molar-refractivity contribution in [1.82, 2.24) is 4.98 Å². The molecule has 0 bridgehead atoms. The van der Waals surface area contributed by atoms with Crippen LogP contribution >= 0.6 is 11.8 Å². The van der Waals surface area contributed by atoms with E-state index in [-0.39, 0.29) is 12.2 Å². The van der Waals surface area contributed by atoms with Gasteiger partial charge in [-0.3, -0.25) is 4.98 Å². The van der Waals surface area contributed by atoms with Gasteiger partial charge in [-0.05, 0) is 28.7 Å². The minimum atomic E-state index is -1.05. The van der Waals surface area contributed by atoms with Gasteiger partial charge in [0.15, 0.2) is 0 Å². The number of hydrogen-bond donors (Lipinski definition) is 2. The number of rotatable bonds is 8. The normalized spacial score (nSPS) is 11.7. The molecule has 7 heteroatoms. The molecule has 0 amide bonds. The third kappa shape index (κ3) is 5.00. The van der Waals surface area contributed by atoms with Crippen molar-refractivity contribution >= 4 is 39.7 Å². The van der Waals surface area contributed by atoms with Crippen LogP contribution in [0.25, 0.3) is 33.1 Å². The Morgan fingerprint density at radius 1 is 1.03 bits per heavy atom. The van der Waals surface area contributed by atoms with Crippen LogP contribution in [-0.4, -0.2) is 22.7 Å². The number of carboxylic acids is 1. The highest BCUT2D eigenvalue weighted by Gasteiger charge is 2.12. The van der Waals surface area contributed by atoms with Crippen molar-refractivity contribution in [2.45, 2.75) is 5.75 Å². The first-order valence-corrected chi connectivity index (χ1v) is 12.0. The van der Waals surface area contributed by atoms with E-state index in [1.54, 1.807) is 11.8 Å². The highest BCUT2D eigenvalue weighted by Crippen LogP contribution is 2.36. The topological polar surface area (TPSA) is 98.6 Å². The molecule has 0 aliphatic heterocycles. The maximum absolute atomic E-state index is 11.0. The quantitative estimate of drug-likeness (QED) is 0.262. The molecule has 6 nitrogen and oxygen atoms in total. The van der Waals surface area contributed by atoms with Crippen LogP contribution in [0.3, 0.4) is 0 Å². The zero-order chi connectivity index (χ0) is 24.2. The molecule has 0 saturated carbocycles. The Kier molecular flexibility index (Phi) is 6.41. The van der Waals surface area contributed by atoms with E-state index in [1.807, 2.05) is 29.7 Å². The first-order chi connectivity index (χ1) is 17.1. The Morgan fingerprint density at radius 3 is 2.74 bits per heavy atom. The maximum atomic E-state index is 11.0. The number of hydrogen-bond acceptors (Lipinski definition) is 6. The molecule has 2 aromatic heterocycles. The molecule has 5 aromatic rings. The van der Waals surface area contributed by atoms with E-state index in [0.717, 1.165) is 44.4 Å². The van der Waals surface area contributed by atoms with Gasteiger partial charge in [-0.2, -0.15) is 0 Å². The fourth-order valence-electron chi connectivity index (χ4n) is 3.86. The summed E-state index contributed by atoms with van der Waals surface area (Å²) in [5.41, 5.74) is 11.8.